The Balaban J connectivity index is 1.13. The van der Waals surface area contributed by atoms with Crippen molar-refractivity contribution in [3.05, 3.63) is 247 Å². The molecule has 17 heteroatoms. The van der Waals surface area contributed by atoms with Crippen molar-refractivity contribution in [2.24, 2.45) is 0 Å². The highest BCUT2D eigenvalue weighted by Crippen LogP contribution is 2.46. The second-order valence-corrected chi connectivity index (χ2v) is 20.0. The Morgan fingerprint density at radius 3 is 1.17 bits per heavy atom. The average Bonchev–Trinajstić information content (AvgIpc) is 1.67. The summed E-state index contributed by atoms with van der Waals surface area (Å²) in [4.78, 5) is 15.2. The molecule has 0 aliphatic carbocycles. The molecular weight excluding hydrogens is 1100 g/mol. The number of benzene rings is 10. The lowest BCUT2D eigenvalue weighted by molar-refractivity contribution is -0.144. The lowest BCUT2D eigenvalue weighted by Crippen LogP contribution is -2.11. The molecule has 0 unspecified atom stereocenters. The zero-order valence-electron chi connectivity index (χ0n) is 43.1. The summed E-state index contributed by atoms with van der Waals surface area (Å²) in [6.07, 6.45) is -20.8. The number of halogens is 12. The van der Waals surface area contributed by atoms with Crippen molar-refractivity contribution in [2.75, 3.05) is 0 Å². The molecule has 0 saturated heterocycles. The summed E-state index contributed by atoms with van der Waals surface area (Å²) < 4.78 is 176. The summed E-state index contributed by atoms with van der Waals surface area (Å²) in [6, 6.07) is 58.3. The van der Waals surface area contributed by atoms with Crippen LogP contribution in [0.3, 0.4) is 0 Å². The minimum atomic E-state index is -5.20. The second-order valence-electron chi connectivity index (χ2n) is 20.0. The second kappa shape index (κ2) is 19.9. The normalized spacial score (nSPS) is 12.5. The zero-order chi connectivity index (χ0) is 58.5. The molecule has 3 heterocycles. The van der Waals surface area contributed by atoms with E-state index in [2.05, 4.69) is 4.57 Å². The van der Waals surface area contributed by atoms with Gasteiger partial charge in [0.15, 0.2) is 17.5 Å². The fourth-order valence-electron chi connectivity index (χ4n) is 11.0. The van der Waals surface area contributed by atoms with Crippen LogP contribution in [0.2, 0.25) is 0 Å². The van der Waals surface area contributed by atoms with E-state index in [1.807, 2.05) is 146 Å². The van der Waals surface area contributed by atoms with Gasteiger partial charge in [-0.05, 0) is 119 Å². The highest BCUT2D eigenvalue weighted by atomic mass is 19.4. The third kappa shape index (κ3) is 9.63. The van der Waals surface area contributed by atoms with Gasteiger partial charge in [0, 0.05) is 49.5 Å². The first kappa shape index (κ1) is 53.3. The summed E-state index contributed by atoms with van der Waals surface area (Å²) in [7, 11) is 0. The molecule has 0 bridgehead atoms. The number of para-hydroxylation sites is 3. The van der Waals surface area contributed by atoms with E-state index in [0.717, 1.165) is 33.1 Å². The van der Waals surface area contributed by atoms with Crippen molar-refractivity contribution in [2.45, 2.75) is 24.7 Å². The Morgan fingerprint density at radius 1 is 0.262 bits per heavy atom. The fourth-order valence-corrected chi connectivity index (χ4v) is 11.0. The van der Waals surface area contributed by atoms with E-state index in [9.17, 15) is 52.7 Å². The predicted molar refractivity (Wildman–Crippen MR) is 301 cm³/mol. The van der Waals surface area contributed by atoms with Gasteiger partial charge in [0.1, 0.15) is 0 Å². The van der Waals surface area contributed by atoms with Crippen molar-refractivity contribution < 1.29 is 52.7 Å². The molecule has 0 spiro atoms. The van der Waals surface area contributed by atoms with Crippen LogP contribution in [0.4, 0.5) is 52.7 Å². The van der Waals surface area contributed by atoms with Crippen molar-refractivity contribution >= 4 is 43.6 Å². The molecule has 13 rings (SSSR count). The molecule has 0 fully saturated rings. The van der Waals surface area contributed by atoms with Gasteiger partial charge in [-0.1, -0.05) is 133 Å². The van der Waals surface area contributed by atoms with Gasteiger partial charge in [0.25, 0.3) is 0 Å². The minimum absolute atomic E-state index is 0.00493. The molecule has 0 saturated carbocycles. The van der Waals surface area contributed by atoms with Crippen molar-refractivity contribution in [3.63, 3.8) is 0 Å². The molecule has 13 aromatic rings. The zero-order valence-corrected chi connectivity index (χ0v) is 43.1. The molecule has 0 amide bonds. The molecule has 84 heavy (non-hydrogen) atoms. The van der Waals surface area contributed by atoms with Crippen LogP contribution in [-0.2, 0) is 24.7 Å². The van der Waals surface area contributed by atoms with E-state index in [-0.39, 0.29) is 62.5 Å². The number of aromatic nitrogens is 5. The molecule has 5 nitrogen and oxygen atoms in total. The smallest absolute Gasteiger partial charge is 0.309 e. The third-order valence-corrected chi connectivity index (χ3v) is 14.8. The van der Waals surface area contributed by atoms with E-state index < -0.39 is 58.1 Å². The number of hydrogen-bond donors (Lipinski definition) is 0. The maximum atomic E-state index is 14.4. The number of fused-ring (bicyclic) bond motifs is 6. The van der Waals surface area contributed by atoms with Crippen LogP contribution in [-0.4, -0.2) is 24.1 Å². The van der Waals surface area contributed by atoms with E-state index in [4.69, 9.17) is 15.0 Å². The Labute approximate surface area is 469 Å². The van der Waals surface area contributed by atoms with Crippen molar-refractivity contribution in [1.29, 1.82) is 0 Å². The van der Waals surface area contributed by atoms with Gasteiger partial charge in [0.2, 0.25) is 0 Å². The summed E-state index contributed by atoms with van der Waals surface area (Å²) in [5.74, 6) is 0.736. The minimum Gasteiger partial charge on any atom is -0.309 e. The van der Waals surface area contributed by atoms with E-state index >= 15 is 0 Å². The summed E-state index contributed by atoms with van der Waals surface area (Å²) in [5, 5.41) is 2.25. The molecular formula is C67H37F12N5. The molecule has 0 aliphatic rings. The molecule has 0 aliphatic heterocycles. The fraction of sp³-hybridized carbons (Fsp3) is 0.0597. The van der Waals surface area contributed by atoms with Crippen LogP contribution in [0, 0.1) is 0 Å². The van der Waals surface area contributed by atoms with E-state index in [0.29, 0.717) is 52.2 Å². The Bertz CT molecular complexity index is 4460. The Morgan fingerprint density at radius 2 is 0.679 bits per heavy atom. The molecule has 0 radical (unpaired) electrons. The summed E-state index contributed by atoms with van der Waals surface area (Å²) in [5.41, 5.74) is -0.718. The topological polar surface area (TPSA) is 48.5 Å². The standard InChI is InChI=1S/C67H37F12N5/c68-64(69,70)45-29-43(30-46(36-45)65(71,72)73)40-23-26-57-53(33-40)54-34-41(44-31-47(66(74,75)76)37-48(32-44)67(77,78)79)24-27-58(54)84(57)59-28-25-42(50-20-12-21-52-51-19-10-11-22-56(51)83(60(50)52)49-17-8-3-9-18-49)35-55(59)63-81-61(38-13-4-1-5-14-38)80-62(82-63)39-15-6-2-7-16-39/h1-37H. The summed E-state index contributed by atoms with van der Waals surface area (Å²) in [6.45, 7) is 0. The maximum Gasteiger partial charge on any atom is 0.416 e. The lowest BCUT2D eigenvalue weighted by atomic mass is 9.96. The van der Waals surface area contributed by atoms with Crippen LogP contribution in [0.25, 0.3) is 123 Å². The van der Waals surface area contributed by atoms with Crippen LogP contribution < -0.4 is 0 Å². The molecule has 3 aromatic heterocycles. The van der Waals surface area contributed by atoms with Crippen LogP contribution in [0.15, 0.2) is 224 Å². The largest absolute Gasteiger partial charge is 0.416 e. The first-order valence-corrected chi connectivity index (χ1v) is 25.9. The predicted octanol–water partition coefficient (Wildman–Crippen LogP) is 20.1. The van der Waals surface area contributed by atoms with Gasteiger partial charge < -0.3 is 9.13 Å². The maximum absolute atomic E-state index is 14.4. The lowest BCUT2D eigenvalue weighted by Gasteiger charge is -2.18. The number of rotatable bonds is 8. The monoisotopic (exact) mass is 1140 g/mol. The highest BCUT2D eigenvalue weighted by molar-refractivity contribution is 6.15. The average molecular weight is 1140 g/mol. The van der Waals surface area contributed by atoms with Gasteiger partial charge in [0.05, 0.1) is 50.0 Å². The number of hydrogen-bond acceptors (Lipinski definition) is 3. The van der Waals surface area contributed by atoms with Gasteiger partial charge >= 0.3 is 24.7 Å². The molecule has 0 atom stereocenters. The van der Waals surface area contributed by atoms with Gasteiger partial charge in [-0.3, -0.25) is 0 Å². The van der Waals surface area contributed by atoms with Gasteiger partial charge in [-0.25, -0.2) is 15.0 Å². The number of nitrogens with zero attached hydrogens (tertiary/aromatic N) is 5. The Kier molecular flexibility index (Phi) is 12.6. The summed E-state index contributed by atoms with van der Waals surface area (Å²) >= 11 is 0. The number of alkyl halides is 12. The third-order valence-electron chi connectivity index (χ3n) is 14.8. The molecule has 414 valence electrons. The first-order valence-electron chi connectivity index (χ1n) is 25.9. The van der Waals surface area contributed by atoms with Gasteiger partial charge in [-0.15, -0.1) is 0 Å². The van der Waals surface area contributed by atoms with Crippen LogP contribution in [0.1, 0.15) is 22.3 Å². The molecule has 10 aromatic carbocycles. The van der Waals surface area contributed by atoms with E-state index in [1.54, 1.807) is 10.6 Å². The van der Waals surface area contributed by atoms with Crippen LogP contribution >= 0.6 is 0 Å². The van der Waals surface area contributed by atoms with E-state index in [1.165, 1.54) is 36.4 Å². The van der Waals surface area contributed by atoms with Crippen molar-refractivity contribution in [1.82, 2.24) is 24.1 Å². The molecule has 0 N–H and O–H groups in total. The first-order chi connectivity index (χ1) is 40.2. The quantitative estimate of drug-likeness (QED) is 0.142. The van der Waals surface area contributed by atoms with Crippen LogP contribution in [0.5, 0.6) is 0 Å². The SMILES string of the molecule is FC(F)(F)c1cc(-c2ccc3c(c2)c2cc(-c4cc(C(F)(F)F)cc(C(F)(F)F)c4)ccc2n3-c2ccc(-c3cccc4c5ccccc5n(-c5ccccc5)c34)cc2-c2nc(-c3ccccc3)nc(-c3ccccc3)n2)cc(C(F)(F)F)c1. The van der Waals surface area contributed by atoms with Gasteiger partial charge in [-0.2, -0.15) is 52.7 Å². The highest BCUT2D eigenvalue weighted by Gasteiger charge is 2.39. The Hall–Kier alpha value is -10.0. The van der Waals surface area contributed by atoms with Crippen molar-refractivity contribution in [3.8, 4) is 78.9 Å².